The minimum atomic E-state index is -4.77. The average Bonchev–Trinajstić information content (AvgIpc) is 2.80. The van der Waals surface area contributed by atoms with Crippen LogP contribution in [0.25, 0.3) is 10.8 Å². The number of anilines is 1. The Labute approximate surface area is 208 Å². The lowest BCUT2D eigenvalue weighted by Gasteiger charge is -2.41. The summed E-state index contributed by atoms with van der Waals surface area (Å²) in [6.07, 6.45) is 0.594. The minimum Gasteiger partial charge on any atom is -0.380 e. The number of halogens is 5. The summed E-state index contributed by atoms with van der Waals surface area (Å²) >= 11 is 0. The topological polar surface area (TPSA) is 47.0 Å². The number of rotatable bonds is 7. The van der Waals surface area contributed by atoms with Crippen molar-refractivity contribution in [3.05, 3.63) is 64.4 Å². The van der Waals surface area contributed by atoms with Crippen LogP contribution in [-0.2, 0) is 17.5 Å². The summed E-state index contributed by atoms with van der Waals surface area (Å²) in [7, 11) is 0. The number of fused-ring (bicyclic) bond motifs is 1. The highest BCUT2D eigenvalue weighted by Crippen LogP contribution is 2.36. The van der Waals surface area contributed by atoms with E-state index in [1.54, 1.807) is 19.9 Å². The molecular weight excluding hydrogens is 477 g/mol. The predicted molar refractivity (Wildman–Crippen MR) is 131 cm³/mol. The smallest absolute Gasteiger partial charge is 0.380 e. The Morgan fingerprint density at radius 3 is 2.33 bits per heavy atom. The average molecular weight is 510 g/mol. The van der Waals surface area contributed by atoms with Crippen LogP contribution in [0.3, 0.4) is 0 Å². The van der Waals surface area contributed by atoms with Gasteiger partial charge in [-0.15, -0.1) is 5.10 Å². The molecule has 2 heterocycles. The molecule has 2 aromatic carbocycles. The number of unbranched alkanes of at least 4 members (excludes halogenated alkanes) is 1. The van der Waals surface area contributed by atoms with Gasteiger partial charge in [0.2, 0.25) is 0 Å². The van der Waals surface area contributed by atoms with E-state index in [4.69, 9.17) is 4.74 Å². The summed E-state index contributed by atoms with van der Waals surface area (Å²) in [4.78, 5) is 0. The van der Waals surface area contributed by atoms with E-state index in [9.17, 15) is 22.0 Å². The fourth-order valence-electron chi connectivity index (χ4n) is 4.12. The van der Waals surface area contributed by atoms with Crippen LogP contribution >= 0.6 is 0 Å². The van der Waals surface area contributed by atoms with Gasteiger partial charge in [-0.25, -0.2) is 8.78 Å². The highest BCUT2D eigenvalue weighted by Gasteiger charge is 2.36. The maximum Gasteiger partial charge on any atom is 0.419 e. The van der Waals surface area contributed by atoms with Crippen LogP contribution in [0.2, 0.25) is 0 Å². The van der Waals surface area contributed by atoms with E-state index < -0.39 is 23.4 Å². The van der Waals surface area contributed by atoms with Crippen LogP contribution in [0.4, 0.5) is 27.8 Å². The van der Waals surface area contributed by atoms with Crippen molar-refractivity contribution in [2.24, 2.45) is 5.41 Å². The van der Waals surface area contributed by atoms with Crippen LogP contribution in [0, 0.1) is 30.9 Å². The zero-order chi connectivity index (χ0) is 26.5. The first-order valence-corrected chi connectivity index (χ1v) is 12.1. The lowest BCUT2D eigenvalue weighted by Crippen LogP contribution is -2.41. The van der Waals surface area contributed by atoms with E-state index in [0.717, 1.165) is 19.3 Å². The molecule has 4 rings (SSSR count). The monoisotopic (exact) mass is 509 g/mol. The fourth-order valence-corrected chi connectivity index (χ4v) is 4.12. The molecule has 0 bridgehead atoms. The van der Waals surface area contributed by atoms with Crippen molar-refractivity contribution >= 4 is 16.6 Å². The highest BCUT2D eigenvalue weighted by atomic mass is 19.4. The number of benzene rings is 2. The van der Waals surface area contributed by atoms with Gasteiger partial charge in [0, 0.05) is 28.3 Å². The molecule has 1 aliphatic heterocycles. The van der Waals surface area contributed by atoms with Gasteiger partial charge in [-0.1, -0.05) is 38.8 Å². The second-order valence-electron chi connectivity index (χ2n) is 9.36. The van der Waals surface area contributed by atoms with E-state index in [2.05, 4.69) is 29.4 Å². The van der Waals surface area contributed by atoms with Crippen molar-refractivity contribution in [2.45, 2.75) is 66.1 Å². The zero-order valence-electron chi connectivity index (χ0n) is 21.0. The number of nitrogens with zero attached hydrogens (tertiary/aromatic N) is 2. The molecule has 1 saturated heterocycles. The van der Waals surface area contributed by atoms with E-state index in [1.165, 1.54) is 37.8 Å². The third-order valence-corrected chi connectivity index (χ3v) is 6.70. The van der Waals surface area contributed by atoms with Gasteiger partial charge in [0.05, 0.1) is 24.5 Å². The molecule has 0 radical (unpaired) electrons. The molecule has 1 fully saturated rings. The fraction of sp³-hybridized carbons (Fsp3) is 0.481. The summed E-state index contributed by atoms with van der Waals surface area (Å²) < 4.78 is 71.6. The molecule has 196 valence electrons. The molecule has 3 aromatic rings. The number of alkyl halides is 3. The van der Waals surface area contributed by atoms with E-state index >= 15 is 0 Å². The molecule has 0 amide bonds. The molecule has 4 nitrogen and oxygen atoms in total. The number of hydrogen-bond donors (Lipinski definition) is 1. The predicted octanol–water partition coefficient (Wildman–Crippen LogP) is 7.76. The van der Waals surface area contributed by atoms with Gasteiger partial charge in [-0.05, 0) is 50.5 Å². The normalized spacial score (nSPS) is 14.7. The molecule has 1 aromatic heterocycles. The van der Waals surface area contributed by atoms with Crippen molar-refractivity contribution in [3.8, 4) is 0 Å². The molecule has 36 heavy (non-hydrogen) atoms. The number of aromatic nitrogens is 2. The van der Waals surface area contributed by atoms with Crippen molar-refractivity contribution in [2.75, 3.05) is 18.5 Å². The Hall–Kier alpha value is -2.81. The van der Waals surface area contributed by atoms with Crippen LogP contribution in [0.15, 0.2) is 30.3 Å². The Morgan fingerprint density at radius 1 is 1.03 bits per heavy atom. The Balaban J connectivity index is 0.000000303. The molecule has 0 spiro atoms. The second kappa shape index (κ2) is 11.5. The third kappa shape index (κ3) is 6.30. The highest BCUT2D eigenvalue weighted by molar-refractivity contribution is 5.93. The van der Waals surface area contributed by atoms with Crippen molar-refractivity contribution in [3.63, 3.8) is 0 Å². The first-order valence-electron chi connectivity index (χ1n) is 12.1. The molecule has 9 heteroatoms. The lowest BCUT2D eigenvalue weighted by atomic mass is 9.79. The molecular formula is C27H32F5N3O. The first-order chi connectivity index (χ1) is 17.0. The zero-order valence-corrected chi connectivity index (χ0v) is 21.0. The lowest BCUT2D eigenvalue weighted by molar-refractivity contribution is -0.140. The van der Waals surface area contributed by atoms with Crippen molar-refractivity contribution < 1.29 is 26.7 Å². The van der Waals surface area contributed by atoms with E-state index in [0.29, 0.717) is 33.5 Å². The van der Waals surface area contributed by atoms with Crippen LogP contribution in [0.1, 0.15) is 61.9 Å². The van der Waals surface area contributed by atoms with Gasteiger partial charge in [0.15, 0.2) is 5.82 Å². The molecule has 0 saturated carbocycles. The molecule has 0 aliphatic carbocycles. The van der Waals surface area contributed by atoms with Gasteiger partial charge in [0.25, 0.3) is 0 Å². The second-order valence-corrected chi connectivity index (χ2v) is 9.36. The number of hydrogen-bond acceptors (Lipinski definition) is 4. The van der Waals surface area contributed by atoms with Crippen molar-refractivity contribution in [1.82, 2.24) is 10.2 Å². The maximum atomic E-state index is 14.1. The SMILES string of the molecule is CCCCC1(CC)COC1.Cc1cc2c(NCc3cccc(C(F)(F)F)c3F)nnc(C)c2cc1F. The van der Waals surface area contributed by atoms with Crippen molar-refractivity contribution in [1.29, 1.82) is 0 Å². The van der Waals surface area contributed by atoms with Crippen LogP contribution in [-0.4, -0.2) is 23.4 Å². The number of nitrogens with one attached hydrogen (secondary N) is 1. The first kappa shape index (κ1) is 27.8. The molecule has 0 atom stereocenters. The van der Waals surface area contributed by atoms with Gasteiger partial charge >= 0.3 is 6.18 Å². The van der Waals surface area contributed by atoms with Gasteiger partial charge in [-0.2, -0.15) is 18.3 Å². The summed E-state index contributed by atoms with van der Waals surface area (Å²) in [6, 6.07) is 5.97. The number of aryl methyl sites for hydroxylation is 2. The molecule has 0 unspecified atom stereocenters. The number of ether oxygens (including phenoxy) is 1. The van der Waals surface area contributed by atoms with Crippen LogP contribution < -0.4 is 5.32 Å². The Morgan fingerprint density at radius 2 is 1.75 bits per heavy atom. The molecule has 1 aliphatic rings. The summed E-state index contributed by atoms with van der Waals surface area (Å²) in [5, 5.41) is 11.8. The molecule has 1 N–H and O–H groups in total. The standard InChI is InChI=1S/C18H14F5N3.C9H18O/c1-9-6-13-12(7-15(9)19)10(2)25-26-17(13)24-8-11-4-3-5-14(16(11)20)18(21,22)23;1-3-5-6-9(4-2)7-10-8-9/h3-7H,8H2,1-2H3,(H,24,26);3-8H2,1-2H3. The van der Waals surface area contributed by atoms with Gasteiger partial charge in [0.1, 0.15) is 11.6 Å². The van der Waals surface area contributed by atoms with Crippen LogP contribution in [0.5, 0.6) is 0 Å². The quantitative estimate of drug-likeness (QED) is 0.331. The van der Waals surface area contributed by atoms with E-state index in [-0.39, 0.29) is 17.9 Å². The summed E-state index contributed by atoms with van der Waals surface area (Å²) in [5.74, 6) is -1.49. The maximum absolute atomic E-state index is 14.1. The Kier molecular flexibility index (Phi) is 8.87. The summed E-state index contributed by atoms with van der Waals surface area (Å²) in [6.45, 7) is 9.59. The van der Waals surface area contributed by atoms with E-state index in [1.807, 2.05) is 0 Å². The Bertz CT molecular complexity index is 1190. The largest absolute Gasteiger partial charge is 0.419 e. The van der Waals surface area contributed by atoms with Gasteiger partial charge < -0.3 is 10.1 Å². The van der Waals surface area contributed by atoms with Gasteiger partial charge in [-0.3, -0.25) is 0 Å². The third-order valence-electron chi connectivity index (χ3n) is 6.70. The minimum absolute atomic E-state index is 0.158. The summed E-state index contributed by atoms with van der Waals surface area (Å²) in [5.41, 5.74) is 0.00683.